The number of aromatic nitrogens is 3. The van der Waals surface area contributed by atoms with Gasteiger partial charge in [0.1, 0.15) is 11.7 Å². The number of carbonyl (C=O) groups excluding carboxylic acids is 1. The second-order valence-corrected chi connectivity index (χ2v) is 13.6. The summed E-state index contributed by atoms with van der Waals surface area (Å²) in [5.41, 5.74) is 1.89. The van der Waals surface area contributed by atoms with Gasteiger partial charge < -0.3 is 15.5 Å². The molecule has 0 saturated carbocycles. The number of carbonyl (C=O) groups is 1. The Morgan fingerprint density at radius 3 is 2.47 bits per heavy atom. The predicted molar refractivity (Wildman–Crippen MR) is 186 cm³/mol. The summed E-state index contributed by atoms with van der Waals surface area (Å²) in [6, 6.07) is 17.8. The van der Waals surface area contributed by atoms with E-state index in [1.807, 2.05) is 51.1 Å². The lowest BCUT2D eigenvalue weighted by Gasteiger charge is -2.40. The van der Waals surface area contributed by atoms with Crippen molar-refractivity contribution in [1.29, 1.82) is 0 Å². The van der Waals surface area contributed by atoms with Crippen LogP contribution in [0.5, 0.6) is 0 Å². The molecule has 252 valence electrons. The van der Waals surface area contributed by atoms with Gasteiger partial charge >= 0.3 is 6.18 Å². The average Bonchev–Trinajstić information content (AvgIpc) is 3.06. The van der Waals surface area contributed by atoms with Crippen LogP contribution in [-0.4, -0.2) is 46.5 Å². The summed E-state index contributed by atoms with van der Waals surface area (Å²) in [5, 5.41) is 6.93. The molecule has 0 spiro atoms. The van der Waals surface area contributed by atoms with E-state index in [9.17, 15) is 22.8 Å². The Balaban J connectivity index is 1.39. The van der Waals surface area contributed by atoms with Gasteiger partial charge in [-0.05, 0) is 53.9 Å². The van der Waals surface area contributed by atoms with E-state index in [2.05, 4.69) is 15.6 Å². The highest BCUT2D eigenvalue weighted by molar-refractivity contribution is 6.33. The molecule has 1 aliphatic heterocycles. The number of rotatable bonds is 5. The molecule has 1 unspecified atom stereocenters. The number of anilines is 3. The fourth-order valence-corrected chi connectivity index (χ4v) is 7.54. The third-order valence-electron chi connectivity index (χ3n) is 9.53. The van der Waals surface area contributed by atoms with Crippen molar-refractivity contribution in [2.45, 2.75) is 44.8 Å². The number of alkyl halides is 3. The Morgan fingerprint density at radius 1 is 0.980 bits per heavy atom. The SMILES string of the molecule is Cc1ccc(-c2cc3cnc(Nc4ccc(N5CCNCC5)c(C(F)(F)F)c4)nc3n(C3C(=O)Cc4ccccc4C3(C)C)c2=O)c(Cl)c1. The summed E-state index contributed by atoms with van der Waals surface area (Å²) in [7, 11) is 0. The molecule has 49 heavy (non-hydrogen) atoms. The molecule has 0 bridgehead atoms. The molecule has 12 heteroatoms. The van der Waals surface area contributed by atoms with Crippen molar-refractivity contribution < 1.29 is 18.0 Å². The quantitative estimate of drug-likeness (QED) is 0.202. The van der Waals surface area contributed by atoms with Crippen LogP contribution < -0.4 is 21.1 Å². The molecule has 1 aliphatic carbocycles. The first kappa shape index (κ1) is 32.8. The highest BCUT2D eigenvalue weighted by Gasteiger charge is 2.44. The number of hydrogen-bond acceptors (Lipinski definition) is 7. The monoisotopic (exact) mass is 686 g/mol. The lowest BCUT2D eigenvalue weighted by molar-refractivity contribution is -0.137. The van der Waals surface area contributed by atoms with E-state index in [1.165, 1.54) is 16.8 Å². The second-order valence-electron chi connectivity index (χ2n) is 13.2. The molecule has 3 aromatic carbocycles. The topological polar surface area (TPSA) is 92.2 Å². The highest BCUT2D eigenvalue weighted by atomic mass is 35.5. The van der Waals surface area contributed by atoms with Crippen LogP contribution in [0.25, 0.3) is 22.2 Å². The van der Waals surface area contributed by atoms with Crippen LogP contribution in [-0.2, 0) is 22.8 Å². The van der Waals surface area contributed by atoms with E-state index < -0.39 is 28.8 Å². The van der Waals surface area contributed by atoms with Crippen molar-refractivity contribution in [2.75, 3.05) is 36.4 Å². The summed E-state index contributed by atoms with van der Waals surface area (Å²) in [6.45, 7) is 7.84. The molecule has 8 nitrogen and oxygen atoms in total. The summed E-state index contributed by atoms with van der Waals surface area (Å²) in [5.74, 6) is -0.183. The Kier molecular flexibility index (Phi) is 8.23. The number of ketones is 1. The molecule has 2 N–H and O–H groups in total. The third-order valence-corrected chi connectivity index (χ3v) is 9.84. The van der Waals surface area contributed by atoms with Gasteiger partial charge in [-0.3, -0.25) is 14.2 Å². The zero-order valence-electron chi connectivity index (χ0n) is 27.2. The van der Waals surface area contributed by atoms with Crippen molar-refractivity contribution >= 4 is 45.7 Å². The van der Waals surface area contributed by atoms with Gasteiger partial charge in [0.25, 0.3) is 5.56 Å². The Bertz CT molecular complexity index is 2170. The zero-order chi connectivity index (χ0) is 34.7. The Hall–Kier alpha value is -4.74. The Morgan fingerprint density at radius 2 is 1.73 bits per heavy atom. The summed E-state index contributed by atoms with van der Waals surface area (Å²) >= 11 is 6.66. The second kappa shape index (κ2) is 12.3. The summed E-state index contributed by atoms with van der Waals surface area (Å²) < 4.78 is 44.3. The minimum atomic E-state index is -4.60. The van der Waals surface area contributed by atoms with Gasteiger partial charge in [-0.15, -0.1) is 0 Å². The molecule has 5 aromatic rings. The van der Waals surface area contributed by atoms with Gasteiger partial charge in [0.2, 0.25) is 5.95 Å². The van der Waals surface area contributed by atoms with Gasteiger partial charge in [-0.25, -0.2) is 4.98 Å². The summed E-state index contributed by atoms with van der Waals surface area (Å²) in [6.07, 6.45) is -2.97. The maximum atomic E-state index is 14.6. The van der Waals surface area contributed by atoms with Crippen molar-refractivity contribution in [3.8, 4) is 11.1 Å². The Labute approximate surface area is 286 Å². The number of pyridine rings is 1. The standard InChI is InChI=1S/C37H34ClF3N6O2/c1-21-8-10-25(29(38)16-21)26-17-23-20-43-35(44-24-9-11-30(28(19-24)37(39,40)41)46-14-12-42-13-15-46)45-33(23)47(34(26)49)32-31(48)18-22-6-4-5-7-27(22)36(32,2)3/h4-11,16-17,19-20,32,42H,12-15,18H2,1-3H3,(H,43,44,45). The van der Waals surface area contributed by atoms with E-state index >= 15 is 0 Å². The van der Waals surface area contributed by atoms with Gasteiger partial charge in [0.05, 0.1) is 5.56 Å². The van der Waals surface area contributed by atoms with Gasteiger partial charge in [-0.2, -0.15) is 18.2 Å². The van der Waals surface area contributed by atoms with Gasteiger partial charge in [-0.1, -0.05) is 61.8 Å². The number of halogens is 4. The first-order valence-corrected chi connectivity index (χ1v) is 16.4. The minimum Gasteiger partial charge on any atom is -0.368 e. The normalized spacial score (nSPS) is 17.7. The molecule has 1 saturated heterocycles. The molecule has 0 radical (unpaired) electrons. The van der Waals surface area contributed by atoms with Crippen LogP contribution in [0.2, 0.25) is 5.02 Å². The number of aryl methyl sites for hydroxylation is 1. The third kappa shape index (κ3) is 5.95. The van der Waals surface area contributed by atoms with Crippen LogP contribution in [0.4, 0.5) is 30.5 Å². The van der Waals surface area contributed by atoms with Crippen molar-refractivity contribution in [2.24, 2.45) is 0 Å². The number of nitrogens with one attached hydrogen (secondary N) is 2. The van der Waals surface area contributed by atoms with Crippen LogP contribution >= 0.6 is 11.6 Å². The number of fused-ring (bicyclic) bond motifs is 2. The minimum absolute atomic E-state index is 0.0220. The van der Waals surface area contributed by atoms with Crippen molar-refractivity contribution in [3.63, 3.8) is 0 Å². The molecule has 3 heterocycles. The van der Waals surface area contributed by atoms with Crippen LogP contribution in [0.15, 0.2) is 77.7 Å². The van der Waals surface area contributed by atoms with Gasteiger partial charge in [0.15, 0.2) is 5.78 Å². The van der Waals surface area contributed by atoms with E-state index in [0.29, 0.717) is 42.2 Å². The number of piperazine rings is 1. The molecule has 7 rings (SSSR count). The van der Waals surface area contributed by atoms with Crippen molar-refractivity contribution in [3.05, 3.63) is 111 Å². The van der Waals surface area contributed by atoms with Crippen LogP contribution in [0, 0.1) is 6.92 Å². The van der Waals surface area contributed by atoms with Gasteiger partial charge in [0, 0.05) is 77.1 Å². The fraction of sp³-hybridized carbons (Fsp3) is 0.297. The lowest BCUT2D eigenvalue weighted by atomic mass is 9.68. The first-order valence-electron chi connectivity index (χ1n) is 16.1. The molecule has 1 atom stereocenters. The van der Waals surface area contributed by atoms with Crippen LogP contribution in [0.3, 0.4) is 0 Å². The molecule has 2 aromatic heterocycles. The number of Topliss-reactive ketones (excluding diaryl/α,β-unsaturated/α-hetero) is 1. The fourth-order valence-electron chi connectivity index (χ4n) is 7.21. The lowest BCUT2D eigenvalue weighted by Crippen LogP contribution is -2.46. The zero-order valence-corrected chi connectivity index (χ0v) is 27.9. The van der Waals surface area contributed by atoms with Crippen LogP contribution in [0.1, 0.15) is 42.1 Å². The van der Waals surface area contributed by atoms with E-state index in [0.717, 1.165) is 22.8 Å². The molecular weight excluding hydrogens is 653 g/mol. The van der Waals surface area contributed by atoms with E-state index in [-0.39, 0.29) is 40.7 Å². The first-order chi connectivity index (χ1) is 23.3. The average molecular weight is 687 g/mol. The molecule has 1 fully saturated rings. The maximum Gasteiger partial charge on any atom is 0.418 e. The number of benzene rings is 3. The van der Waals surface area contributed by atoms with E-state index in [1.54, 1.807) is 29.2 Å². The number of hydrogen-bond donors (Lipinski definition) is 2. The maximum absolute atomic E-state index is 14.6. The number of nitrogens with zero attached hydrogens (tertiary/aromatic N) is 4. The molecule has 2 aliphatic rings. The highest BCUT2D eigenvalue weighted by Crippen LogP contribution is 2.44. The van der Waals surface area contributed by atoms with E-state index in [4.69, 9.17) is 16.6 Å². The summed E-state index contributed by atoms with van der Waals surface area (Å²) in [4.78, 5) is 39.5. The molecule has 0 amide bonds. The molecular formula is C37H34ClF3N6O2. The smallest absolute Gasteiger partial charge is 0.368 e. The predicted octanol–water partition coefficient (Wildman–Crippen LogP) is 7.24. The largest absolute Gasteiger partial charge is 0.418 e. The van der Waals surface area contributed by atoms with Crippen molar-refractivity contribution in [1.82, 2.24) is 19.9 Å².